The van der Waals surface area contributed by atoms with Gasteiger partial charge in [-0.1, -0.05) is 30.3 Å². The molecule has 0 aliphatic carbocycles. The maximum atomic E-state index is 12.2. The number of rotatable bonds is 7. The van der Waals surface area contributed by atoms with Gasteiger partial charge in [-0.3, -0.25) is 14.2 Å². The number of amides is 2. The predicted octanol–water partition coefficient (Wildman–Crippen LogP) is 1.50. The Morgan fingerprint density at radius 1 is 1.15 bits per heavy atom. The highest BCUT2D eigenvalue weighted by Crippen LogP contribution is 2.12. The van der Waals surface area contributed by atoms with E-state index in [0.29, 0.717) is 16.8 Å². The molecule has 0 spiro atoms. The van der Waals surface area contributed by atoms with Gasteiger partial charge in [-0.25, -0.2) is 9.78 Å². The van der Waals surface area contributed by atoms with Gasteiger partial charge in [0.05, 0.1) is 18.4 Å². The molecule has 2 aromatic heterocycles. The van der Waals surface area contributed by atoms with Crippen molar-refractivity contribution in [2.24, 2.45) is 0 Å². The molecule has 2 amide bonds. The number of ether oxygens (including phenoxy) is 1. The third kappa shape index (κ3) is 5.14. The minimum Gasteiger partial charge on any atom is -0.445 e. The third-order valence-corrected chi connectivity index (χ3v) is 4.61. The first-order valence-corrected chi connectivity index (χ1v) is 9.15. The molecule has 0 unspecified atom stereocenters. The topological polar surface area (TPSA) is 102 Å². The molecular formula is C18H18N4O4S. The summed E-state index contributed by atoms with van der Waals surface area (Å²) in [6.07, 6.45) is 0.792. The molecule has 0 radical (unpaired) electrons. The van der Waals surface area contributed by atoms with Gasteiger partial charge in [0.2, 0.25) is 5.91 Å². The molecular weight excluding hydrogens is 368 g/mol. The molecule has 2 N–H and O–H groups in total. The molecule has 0 saturated carbocycles. The van der Waals surface area contributed by atoms with Crippen LogP contribution >= 0.6 is 11.3 Å². The SMILES string of the molecule is O=C(CNC(=O)OCc1ccccc1)NCCn1cnc2ccsc2c1=O. The van der Waals surface area contributed by atoms with Crippen LogP contribution in [-0.4, -0.2) is 34.6 Å². The smallest absolute Gasteiger partial charge is 0.407 e. The Morgan fingerprint density at radius 2 is 1.96 bits per heavy atom. The molecule has 2 heterocycles. The van der Waals surface area contributed by atoms with Crippen molar-refractivity contribution >= 4 is 33.6 Å². The minimum atomic E-state index is -0.669. The van der Waals surface area contributed by atoms with Gasteiger partial charge >= 0.3 is 6.09 Å². The summed E-state index contributed by atoms with van der Waals surface area (Å²) in [7, 11) is 0. The molecule has 0 saturated heterocycles. The summed E-state index contributed by atoms with van der Waals surface area (Å²) in [6, 6.07) is 11.0. The van der Waals surface area contributed by atoms with Crippen LogP contribution in [0.5, 0.6) is 0 Å². The Bertz CT molecular complexity index is 984. The Labute approximate surface area is 158 Å². The van der Waals surface area contributed by atoms with Gasteiger partial charge in [0, 0.05) is 13.1 Å². The summed E-state index contributed by atoms with van der Waals surface area (Å²) >= 11 is 1.34. The lowest BCUT2D eigenvalue weighted by Crippen LogP contribution is -2.39. The number of carbonyl (C=O) groups excluding carboxylic acids is 2. The molecule has 0 bridgehead atoms. The first-order valence-electron chi connectivity index (χ1n) is 8.27. The molecule has 0 aliphatic rings. The van der Waals surface area contributed by atoms with Crippen LogP contribution in [0.4, 0.5) is 4.79 Å². The van der Waals surface area contributed by atoms with E-state index < -0.39 is 6.09 Å². The molecule has 8 nitrogen and oxygen atoms in total. The second kappa shape index (κ2) is 8.95. The van der Waals surface area contributed by atoms with E-state index in [-0.39, 0.29) is 31.2 Å². The lowest BCUT2D eigenvalue weighted by Gasteiger charge is -2.09. The van der Waals surface area contributed by atoms with E-state index in [4.69, 9.17) is 4.74 Å². The molecule has 27 heavy (non-hydrogen) atoms. The van der Waals surface area contributed by atoms with Crippen molar-refractivity contribution in [3.63, 3.8) is 0 Å². The summed E-state index contributed by atoms with van der Waals surface area (Å²) in [6.45, 7) is 0.474. The van der Waals surface area contributed by atoms with Gasteiger partial charge < -0.3 is 15.4 Å². The fourth-order valence-electron chi connectivity index (χ4n) is 2.34. The van der Waals surface area contributed by atoms with Crippen molar-refractivity contribution in [3.05, 3.63) is 64.0 Å². The Balaban J connectivity index is 1.37. The van der Waals surface area contributed by atoms with Gasteiger partial charge in [0.15, 0.2) is 0 Å². The van der Waals surface area contributed by atoms with Crippen molar-refractivity contribution in [2.45, 2.75) is 13.2 Å². The minimum absolute atomic E-state index is 0.133. The van der Waals surface area contributed by atoms with Crippen LogP contribution in [0.15, 0.2) is 52.9 Å². The number of benzene rings is 1. The second-order valence-corrected chi connectivity index (χ2v) is 6.56. The first kappa shape index (κ1) is 18.6. The van der Waals surface area contributed by atoms with E-state index in [1.54, 1.807) is 6.07 Å². The maximum absolute atomic E-state index is 12.2. The summed E-state index contributed by atoms with van der Waals surface area (Å²) in [5, 5.41) is 6.83. The lowest BCUT2D eigenvalue weighted by atomic mass is 10.2. The molecule has 3 rings (SSSR count). The summed E-state index contributed by atoms with van der Waals surface area (Å²) in [5.41, 5.74) is 1.40. The van der Waals surface area contributed by atoms with Crippen LogP contribution in [0.1, 0.15) is 5.56 Å². The second-order valence-electron chi connectivity index (χ2n) is 5.64. The van der Waals surface area contributed by atoms with Crippen LogP contribution in [-0.2, 0) is 22.7 Å². The maximum Gasteiger partial charge on any atom is 0.407 e. The molecule has 0 fully saturated rings. The van der Waals surface area contributed by atoms with E-state index in [2.05, 4.69) is 15.6 Å². The zero-order valence-corrected chi connectivity index (χ0v) is 15.2. The van der Waals surface area contributed by atoms with E-state index >= 15 is 0 Å². The highest BCUT2D eigenvalue weighted by molar-refractivity contribution is 7.17. The zero-order chi connectivity index (χ0) is 19.1. The van der Waals surface area contributed by atoms with Crippen molar-refractivity contribution in [1.29, 1.82) is 0 Å². The number of fused-ring (bicyclic) bond motifs is 1. The highest BCUT2D eigenvalue weighted by atomic mass is 32.1. The monoisotopic (exact) mass is 386 g/mol. The number of hydrogen-bond donors (Lipinski definition) is 2. The quantitative estimate of drug-likeness (QED) is 0.641. The van der Waals surface area contributed by atoms with Crippen molar-refractivity contribution in [3.8, 4) is 0 Å². The van der Waals surface area contributed by atoms with Crippen LogP contribution in [0.25, 0.3) is 10.2 Å². The zero-order valence-electron chi connectivity index (χ0n) is 14.4. The molecule has 0 atom stereocenters. The number of nitrogens with one attached hydrogen (secondary N) is 2. The number of hydrogen-bond acceptors (Lipinski definition) is 6. The first-order chi connectivity index (χ1) is 13.1. The van der Waals surface area contributed by atoms with E-state index in [1.165, 1.54) is 22.2 Å². The van der Waals surface area contributed by atoms with Crippen molar-refractivity contribution in [2.75, 3.05) is 13.1 Å². The molecule has 0 aliphatic heterocycles. The van der Waals surface area contributed by atoms with Crippen molar-refractivity contribution < 1.29 is 14.3 Å². The Kier molecular flexibility index (Phi) is 6.16. The van der Waals surface area contributed by atoms with Crippen LogP contribution < -0.4 is 16.2 Å². The average molecular weight is 386 g/mol. The van der Waals surface area contributed by atoms with Crippen LogP contribution in [0.3, 0.4) is 0 Å². The highest BCUT2D eigenvalue weighted by Gasteiger charge is 2.08. The molecule has 140 valence electrons. The Morgan fingerprint density at radius 3 is 2.78 bits per heavy atom. The normalized spacial score (nSPS) is 10.5. The van der Waals surface area contributed by atoms with Gasteiger partial charge in [0.1, 0.15) is 11.3 Å². The summed E-state index contributed by atoms with van der Waals surface area (Å²) in [5.74, 6) is -0.370. The molecule has 9 heteroatoms. The third-order valence-electron chi connectivity index (χ3n) is 3.72. The van der Waals surface area contributed by atoms with Gasteiger partial charge in [-0.05, 0) is 17.0 Å². The van der Waals surface area contributed by atoms with Gasteiger partial charge in [-0.2, -0.15) is 0 Å². The van der Waals surface area contributed by atoms with E-state index in [0.717, 1.165) is 5.56 Å². The molecule has 1 aromatic carbocycles. The largest absolute Gasteiger partial charge is 0.445 e. The Hall–Kier alpha value is -3.20. The standard InChI is InChI=1S/C18H18N4O4S/c23-15(10-20-18(25)26-11-13-4-2-1-3-5-13)19-7-8-22-12-21-14-6-9-27-16(14)17(22)24/h1-6,9,12H,7-8,10-11H2,(H,19,23)(H,20,25). The molecule has 3 aromatic rings. The average Bonchev–Trinajstić information content (AvgIpc) is 3.17. The fraction of sp³-hybridized carbons (Fsp3) is 0.222. The van der Waals surface area contributed by atoms with Crippen LogP contribution in [0.2, 0.25) is 0 Å². The van der Waals surface area contributed by atoms with Crippen molar-refractivity contribution in [1.82, 2.24) is 20.2 Å². The number of alkyl carbamates (subject to hydrolysis) is 1. The number of thiophene rings is 1. The number of carbonyl (C=O) groups is 2. The summed E-state index contributed by atoms with van der Waals surface area (Å²) < 4.78 is 7.05. The van der Waals surface area contributed by atoms with Gasteiger partial charge in [0.25, 0.3) is 5.56 Å². The van der Waals surface area contributed by atoms with Crippen LogP contribution in [0, 0.1) is 0 Å². The number of aromatic nitrogens is 2. The van der Waals surface area contributed by atoms with E-state index in [1.807, 2.05) is 35.7 Å². The number of nitrogens with zero attached hydrogens (tertiary/aromatic N) is 2. The fourth-order valence-corrected chi connectivity index (χ4v) is 3.14. The van der Waals surface area contributed by atoms with E-state index in [9.17, 15) is 14.4 Å². The predicted molar refractivity (Wildman–Crippen MR) is 102 cm³/mol. The lowest BCUT2D eigenvalue weighted by molar-refractivity contribution is -0.120. The van der Waals surface area contributed by atoms with Gasteiger partial charge in [-0.15, -0.1) is 11.3 Å². The summed E-state index contributed by atoms with van der Waals surface area (Å²) in [4.78, 5) is 39.8.